The van der Waals surface area contributed by atoms with Gasteiger partial charge in [0.2, 0.25) is 0 Å². The summed E-state index contributed by atoms with van der Waals surface area (Å²) in [6.45, 7) is 23.4. The molecule has 0 saturated carbocycles. The summed E-state index contributed by atoms with van der Waals surface area (Å²) in [5.74, 6) is -1.45. The Hall–Kier alpha value is -6.38. The van der Waals surface area contributed by atoms with Crippen molar-refractivity contribution in [1.82, 2.24) is 0 Å². The highest BCUT2D eigenvalue weighted by atomic mass is 16.5. The van der Waals surface area contributed by atoms with Gasteiger partial charge in [0.05, 0.1) is 61.5 Å². The van der Waals surface area contributed by atoms with E-state index in [1.165, 1.54) is 24.3 Å². The van der Waals surface area contributed by atoms with E-state index in [4.69, 9.17) is 18.9 Å². The Morgan fingerprint density at radius 2 is 0.758 bits per heavy atom. The molecule has 0 heterocycles. The number of carbonyl (C=O) groups excluding carboxylic acids is 6. The first-order valence-corrected chi connectivity index (χ1v) is 21.4. The molecule has 0 fully saturated rings. The summed E-state index contributed by atoms with van der Waals surface area (Å²) in [6, 6.07) is 12.6. The average molecular weight is 913 g/mol. The summed E-state index contributed by atoms with van der Waals surface area (Å²) in [5.41, 5.74) is 2.90. The fourth-order valence-corrected chi connectivity index (χ4v) is 6.45. The standard InChI is InChI=1S/C28H34O9.C24H30O5/c1-27(2,3)21-13-19(11-17(15-29)25(21)33)36-23(31)7-9-35-10-8-24(32)37-20-12-18(16-30)26(34)22(14-20)28(4,5)6;1-23(2,3)19-7-15(11-25)21(27)17(9-19)13-29-14-18-10-20(24(4,5)6)8-16(12-26)22(18)28/h11-16,33-34H,7-10H2,1-6H3;7-12,27-28H,13-14H2,1-6H3. The van der Waals surface area contributed by atoms with Crippen molar-refractivity contribution in [2.24, 2.45) is 0 Å². The van der Waals surface area contributed by atoms with Gasteiger partial charge in [0.1, 0.15) is 34.5 Å². The van der Waals surface area contributed by atoms with Crippen LogP contribution in [0.25, 0.3) is 0 Å². The van der Waals surface area contributed by atoms with E-state index < -0.39 is 22.8 Å². The zero-order chi connectivity index (χ0) is 49.9. The predicted molar refractivity (Wildman–Crippen MR) is 249 cm³/mol. The molecule has 14 nitrogen and oxygen atoms in total. The van der Waals surface area contributed by atoms with Gasteiger partial charge in [0.15, 0.2) is 25.1 Å². The van der Waals surface area contributed by atoms with Crippen LogP contribution in [0.2, 0.25) is 0 Å². The van der Waals surface area contributed by atoms with Crippen LogP contribution >= 0.6 is 0 Å². The second kappa shape index (κ2) is 22.2. The van der Waals surface area contributed by atoms with Gasteiger partial charge in [-0.15, -0.1) is 0 Å². The normalized spacial score (nSPS) is 11.8. The number of hydrogen-bond donors (Lipinski definition) is 4. The molecule has 0 atom stereocenters. The topological polar surface area (TPSA) is 220 Å². The minimum absolute atomic E-state index is 0.0144. The molecule has 0 unspecified atom stereocenters. The Bertz CT molecular complexity index is 2250. The van der Waals surface area contributed by atoms with Gasteiger partial charge in [-0.2, -0.15) is 0 Å². The molecule has 4 rings (SSSR count). The highest BCUT2D eigenvalue weighted by Crippen LogP contribution is 2.38. The van der Waals surface area contributed by atoms with E-state index >= 15 is 0 Å². The number of benzene rings is 4. The Labute approximate surface area is 386 Å². The van der Waals surface area contributed by atoms with Crippen LogP contribution in [0.15, 0.2) is 48.5 Å². The molecule has 4 aromatic rings. The lowest BCUT2D eigenvalue weighted by molar-refractivity contribution is -0.136. The van der Waals surface area contributed by atoms with Gasteiger partial charge in [-0.3, -0.25) is 28.8 Å². The van der Waals surface area contributed by atoms with Crippen molar-refractivity contribution in [2.75, 3.05) is 13.2 Å². The Balaban J connectivity index is 0.000000361. The van der Waals surface area contributed by atoms with E-state index in [9.17, 15) is 49.2 Å². The number of phenols is 4. The van der Waals surface area contributed by atoms with E-state index in [1.54, 1.807) is 12.1 Å². The predicted octanol–water partition coefficient (Wildman–Crippen LogP) is 9.66. The third-order valence-electron chi connectivity index (χ3n) is 10.4. The number of aldehydes is 4. The van der Waals surface area contributed by atoms with Crippen LogP contribution in [0.5, 0.6) is 34.5 Å². The Morgan fingerprint density at radius 3 is 1.05 bits per heavy atom. The third kappa shape index (κ3) is 14.8. The lowest BCUT2D eigenvalue weighted by atomic mass is 9.84. The van der Waals surface area contributed by atoms with Gasteiger partial charge >= 0.3 is 11.9 Å². The number of phenolic OH excluding ortho intramolecular Hbond substituents is 4. The third-order valence-corrected chi connectivity index (χ3v) is 10.4. The van der Waals surface area contributed by atoms with E-state index in [2.05, 4.69) is 0 Å². The highest BCUT2D eigenvalue weighted by Gasteiger charge is 2.25. The van der Waals surface area contributed by atoms with E-state index in [0.717, 1.165) is 11.1 Å². The number of hydrogen-bond acceptors (Lipinski definition) is 14. The second-order valence-electron chi connectivity index (χ2n) is 20.0. The molecule has 0 saturated heterocycles. The lowest BCUT2D eigenvalue weighted by Crippen LogP contribution is -2.16. The summed E-state index contributed by atoms with van der Waals surface area (Å²) >= 11 is 0. The molecular formula is C52H64O14. The molecule has 0 bridgehead atoms. The van der Waals surface area contributed by atoms with Crippen molar-refractivity contribution in [2.45, 2.75) is 131 Å². The molecule has 14 heteroatoms. The van der Waals surface area contributed by atoms with Crippen molar-refractivity contribution in [3.05, 3.63) is 104 Å². The van der Waals surface area contributed by atoms with Crippen LogP contribution in [0.3, 0.4) is 0 Å². The summed E-state index contributed by atoms with van der Waals surface area (Å²) in [5, 5.41) is 41.2. The monoisotopic (exact) mass is 912 g/mol. The van der Waals surface area contributed by atoms with E-state index in [0.29, 0.717) is 47.4 Å². The second-order valence-corrected chi connectivity index (χ2v) is 20.0. The molecule has 0 aliphatic heterocycles. The van der Waals surface area contributed by atoms with Crippen LogP contribution in [-0.4, -0.2) is 70.7 Å². The van der Waals surface area contributed by atoms with Crippen LogP contribution < -0.4 is 9.47 Å². The van der Waals surface area contributed by atoms with Crippen molar-refractivity contribution < 1.29 is 68.1 Å². The molecule has 356 valence electrons. The first-order valence-electron chi connectivity index (χ1n) is 21.4. The van der Waals surface area contributed by atoms with E-state index in [1.807, 2.05) is 95.2 Å². The summed E-state index contributed by atoms with van der Waals surface area (Å²) < 4.78 is 21.7. The average Bonchev–Trinajstić information content (AvgIpc) is 3.21. The smallest absolute Gasteiger partial charge is 0.313 e. The fraction of sp³-hybridized carbons (Fsp3) is 0.423. The Morgan fingerprint density at radius 1 is 0.439 bits per heavy atom. The molecule has 66 heavy (non-hydrogen) atoms. The largest absolute Gasteiger partial charge is 0.507 e. The molecule has 0 spiro atoms. The summed E-state index contributed by atoms with van der Waals surface area (Å²) in [4.78, 5) is 69.6. The van der Waals surface area contributed by atoms with Crippen LogP contribution in [-0.2, 0) is 53.9 Å². The maximum absolute atomic E-state index is 12.2. The summed E-state index contributed by atoms with van der Waals surface area (Å²) in [7, 11) is 0. The Kier molecular flexibility index (Phi) is 18.2. The molecule has 4 aromatic carbocycles. The van der Waals surface area contributed by atoms with Crippen molar-refractivity contribution in [1.29, 1.82) is 0 Å². The van der Waals surface area contributed by atoms with Crippen LogP contribution in [0.4, 0.5) is 0 Å². The number of esters is 2. The van der Waals surface area contributed by atoms with Gasteiger partial charge in [-0.05, 0) is 81.3 Å². The van der Waals surface area contributed by atoms with Crippen molar-refractivity contribution in [3.63, 3.8) is 0 Å². The molecule has 0 aliphatic rings. The molecule has 0 aliphatic carbocycles. The minimum Gasteiger partial charge on any atom is -0.507 e. The van der Waals surface area contributed by atoms with Gasteiger partial charge < -0.3 is 39.4 Å². The van der Waals surface area contributed by atoms with Gasteiger partial charge in [-0.25, -0.2) is 0 Å². The molecular weight excluding hydrogens is 849 g/mol. The number of ether oxygens (including phenoxy) is 4. The first kappa shape index (κ1) is 54.0. The lowest BCUT2D eigenvalue weighted by Gasteiger charge is -2.22. The van der Waals surface area contributed by atoms with Crippen molar-refractivity contribution in [3.8, 4) is 34.5 Å². The molecule has 0 aromatic heterocycles. The maximum Gasteiger partial charge on any atom is 0.313 e. The van der Waals surface area contributed by atoms with Crippen LogP contribution in [0.1, 0.15) is 171 Å². The van der Waals surface area contributed by atoms with Gasteiger partial charge in [0, 0.05) is 22.3 Å². The number of rotatable bonds is 16. The van der Waals surface area contributed by atoms with Crippen LogP contribution in [0, 0.1) is 0 Å². The van der Waals surface area contributed by atoms with Gasteiger partial charge in [0.25, 0.3) is 0 Å². The van der Waals surface area contributed by atoms with Gasteiger partial charge in [-0.1, -0.05) is 83.1 Å². The molecule has 4 N–H and O–H groups in total. The molecule has 0 amide bonds. The quantitative estimate of drug-likeness (QED) is 0.0356. The summed E-state index contributed by atoms with van der Waals surface area (Å²) in [6.07, 6.45) is 2.03. The minimum atomic E-state index is -0.606. The number of aromatic hydroxyl groups is 4. The molecule has 0 radical (unpaired) electrons. The zero-order valence-electron chi connectivity index (χ0n) is 40.0. The highest BCUT2D eigenvalue weighted by molar-refractivity contribution is 5.84. The van der Waals surface area contributed by atoms with E-state index in [-0.39, 0.29) is 107 Å². The van der Waals surface area contributed by atoms with Crippen molar-refractivity contribution >= 4 is 37.1 Å². The fourth-order valence-electron chi connectivity index (χ4n) is 6.45. The zero-order valence-corrected chi connectivity index (χ0v) is 40.0. The first-order chi connectivity index (χ1) is 30.5. The number of carbonyl (C=O) groups is 6. The SMILES string of the molecule is CC(C)(C)c1cc(C=O)c(O)c(COCc2cc(C(C)(C)C)cc(C=O)c2O)c1.CC(C)(C)c1cc(OC(=O)CCOCCC(=O)Oc2cc(C=O)c(O)c(C(C)(C)C)c2)cc(C=O)c1O. The maximum atomic E-state index is 12.2.